The van der Waals surface area contributed by atoms with Gasteiger partial charge in [0.05, 0.1) is 0 Å². The standard InChI is InChI=1S/C9H7F3N4/c1-16-7(6-4-2-3-5-13-6)14-8(15-16)9(10,11)12/h2-5H,1H3. The highest BCUT2D eigenvalue weighted by molar-refractivity contribution is 5.48. The largest absolute Gasteiger partial charge is 0.453 e. The molecule has 0 unspecified atom stereocenters. The molecule has 2 aromatic rings. The van der Waals surface area contributed by atoms with Gasteiger partial charge in [-0.1, -0.05) is 6.07 Å². The third-order valence-electron chi connectivity index (χ3n) is 1.91. The molecule has 0 spiro atoms. The predicted octanol–water partition coefficient (Wildman–Crippen LogP) is 1.90. The number of aryl methyl sites for hydroxylation is 1. The van der Waals surface area contributed by atoms with Crippen molar-refractivity contribution in [1.82, 2.24) is 19.7 Å². The molecule has 0 aromatic carbocycles. The number of rotatable bonds is 1. The fourth-order valence-corrected chi connectivity index (χ4v) is 1.22. The lowest BCUT2D eigenvalue weighted by Crippen LogP contribution is -2.08. The number of halogens is 3. The third kappa shape index (κ3) is 1.88. The molecule has 2 rings (SSSR count). The van der Waals surface area contributed by atoms with Gasteiger partial charge in [-0.3, -0.25) is 4.98 Å². The van der Waals surface area contributed by atoms with Gasteiger partial charge in [0, 0.05) is 13.2 Å². The summed E-state index contributed by atoms with van der Waals surface area (Å²) in [5.74, 6) is -1.07. The van der Waals surface area contributed by atoms with Crippen molar-refractivity contribution < 1.29 is 13.2 Å². The number of hydrogen-bond acceptors (Lipinski definition) is 3. The summed E-state index contributed by atoms with van der Waals surface area (Å²) in [5, 5.41) is 3.30. The number of hydrogen-bond donors (Lipinski definition) is 0. The van der Waals surface area contributed by atoms with Crippen LogP contribution in [0.5, 0.6) is 0 Å². The van der Waals surface area contributed by atoms with E-state index in [9.17, 15) is 13.2 Å². The number of alkyl halides is 3. The molecule has 0 radical (unpaired) electrons. The van der Waals surface area contributed by atoms with Crippen LogP contribution < -0.4 is 0 Å². The molecule has 0 amide bonds. The van der Waals surface area contributed by atoms with E-state index in [2.05, 4.69) is 15.1 Å². The second-order valence-electron chi connectivity index (χ2n) is 3.10. The van der Waals surface area contributed by atoms with E-state index in [0.29, 0.717) is 5.69 Å². The zero-order chi connectivity index (χ0) is 11.8. The summed E-state index contributed by atoms with van der Waals surface area (Å²) >= 11 is 0. The zero-order valence-corrected chi connectivity index (χ0v) is 8.23. The summed E-state index contributed by atoms with van der Waals surface area (Å²) < 4.78 is 38.1. The summed E-state index contributed by atoms with van der Waals surface area (Å²) in [6, 6.07) is 4.92. The van der Waals surface area contributed by atoms with Crippen molar-refractivity contribution in [3.05, 3.63) is 30.2 Å². The van der Waals surface area contributed by atoms with E-state index in [1.165, 1.54) is 13.2 Å². The van der Waals surface area contributed by atoms with Crippen LogP contribution in [0.15, 0.2) is 24.4 Å². The van der Waals surface area contributed by atoms with Crippen LogP contribution in [0.4, 0.5) is 13.2 Å². The highest BCUT2D eigenvalue weighted by Crippen LogP contribution is 2.27. The van der Waals surface area contributed by atoms with Crippen LogP contribution >= 0.6 is 0 Å². The molecular weight excluding hydrogens is 221 g/mol. The molecule has 16 heavy (non-hydrogen) atoms. The van der Waals surface area contributed by atoms with Crippen LogP contribution in [0.3, 0.4) is 0 Å². The van der Waals surface area contributed by atoms with Gasteiger partial charge in [-0.25, -0.2) is 9.67 Å². The first-order valence-electron chi connectivity index (χ1n) is 4.38. The molecule has 0 aliphatic rings. The van der Waals surface area contributed by atoms with Gasteiger partial charge in [-0.2, -0.15) is 13.2 Å². The minimum atomic E-state index is -4.54. The first-order valence-corrected chi connectivity index (χ1v) is 4.38. The quantitative estimate of drug-likeness (QED) is 0.748. The molecule has 0 N–H and O–H groups in total. The Morgan fingerprint density at radius 1 is 1.25 bits per heavy atom. The lowest BCUT2D eigenvalue weighted by molar-refractivity contribution is -0.144. The molecular formula is C9H7F3N4. The molecule has 0 aliphatic heterocycles. The fraction of sp³-hybridized carbons (Fsp3) is 0.222. The summed E-state index contributed by atoms with van der Waals surface area (Å²) in [7, 11) is 1.40. The SMILES string of the molecule is Cn1nc(C(F)(F)F)nc1-c1ccccn1. The molecule has 0 atom stereocenters. The molecule has 4 nitrogen and oxygen atoms in total. The van der Waals surface area contributed by atoms with Crippen molar-refractivity contribution in [3.8, 4) is 11.5 Å². The second-order valence-corrected chi connectivity index (χ2v) is 3.10. The van der Waals surface area contributed by atoms with Gasteiger partial charge in [0.25, 0.3) is 5.82 Å². The minimum absolute atomic E-state index is 0.0907. The normalized spacial score (nSPS) is 11.8. The Morgan fingerprint density at radius 3 is 2.50 bits per heavy atom. The van der Waals surface area contributed by atoms with E-state index in [1.807, 2.05) is 0 Å². The predicted molar refractivity (Wildman–Crippen MR) is 49.2 cm³/mol. The van der Waals surface area contributed by atoms with Crippen molar-refractivity contribution in [2.45, 2.75) is 6.18 Å². The lowest BCUT2D eigenvalue weighted by Gasteiger charge is -1.97. The topological polar surface area (TPSA) is 43.6 Å². The first kappa shape index (κ1) is 10.6. The van der Waals surface area contributed by atoms with E-state index in [-0.39, 0.29) is 5.82 Å². The van der Waals surface area contributed by atoms with Crippen LogP contribution in [0.25, 0.3) is 11.5 Å². The Hall–Kier alpha value is -1.92. The monoisotopic (exact) mass is 228 g/mol. The van der Waals surface area contributed by atoms with Crippen molar-refractivity contribution in [1.29, 1.82) is 0 Å². The molecule has 0 bridgehead atoms. The number of pyridine rings is 1. The number of aromatic nitrogens is 4. The van der Waals surface area contributed by atoms with Gasteiger partial charge in [-0.15, -0.1) is 5.10 Å². The highest BCUT2D eigenvalue weighted by Gasteiger charge is 2.36. The van der Waals surface area contributed by atoms with Crippen molar-refractivity contribution >= 4 is 0 Å². The fourth-order valence-electron chi connectivity index (χ4n) is 1.22. The zero-order valence-electron chi connectivity index (χ0n) is 8.23. The third-order valence-corrected chi connectivity index (χ3v) is 1.91. The van der Waals surface area contributed by atoms with Crippen molar-refractivity contribution in [3.63, 3.8) is 0 Å². The van der Waals surface area contributed by atoms with Crippen LogP contribution in [0, 0.1) is 0 Å². The molecule has 0 aliphatic carbocycles. The Labute approximate surface area is 88.8 Å². The Balaban J connectivity index is 2.48. The number of nitrogens with zero attached hydrogens (tertiary/aromatic N) is 4. The minimum Gasteiger partial charge on any atom is -0.253 e. The van der Waals surface area contributed by atoms with Gasteiger partial charge in [0.15, 0.2) is 5.82 Å². The van der Waals surface area contributed by atoms with Crippen molar-refractivity contribution in [2.75, 3.05) is 0 Å². The summed E-state index contributed by atoms with van der Waals surface area (Å²) in [6.07, 6.45) is -3.05. The Morgan fingerprint density at radius 2 is 2.00 bits per heavy atom. The van der Waals surface area contributed by atoms with Gasteiger partial charge in [-0.05, 0) is 12.1 Å². The maximum absolute atomic E-state index is 12.3. The van der Waals surface area contributed by atoms with Crippen LogP contribution in [-0.2, 0) is 13.2 Å². The van der Waals surface area contributed by atoms with Crippen LogP contribution in [-0.4, -0.2) is 19.7 Å². The van der Waals surface area contributed by atoms with Gasteiger partial charge < -0.3 is 0 Å². The Kier molecular flexibility index (Phi) is 2.37. The van der Waals surface area contributed by atoms with Crippen LogP contribution in [0.1, 0.15) is 5.82 Å². The van der Waals surface area contributed by atoms with Gasteiger partial charge >= 0.3 is 6.18 Å². The van der Waals surface area contributed by atoms with Crippen molar-refractivity contribution in [2.24, 2.45) is 7.05 Å². The van der Waals surface area contributed by atoms with E-state index in [4.69, 9.17) is 0 Å². The maximum Gasteiger partial charge on any atom is 0.453 e. The van der Waals surface area contributed by atoms with E-state index in [0.717, 1.165) is 4.68 Å². The highest BCUT2D eigenvalue weighted by atomic mass is 19.4. The molecule has 7 heteroatoms. The Bertz CT molecular complexity index is 489. The summed E-state index contributed by atoms with van der Waals surface area (Å²) in [4.78, 5) is 7.33. The first-order chi connectivity index (χ1) is 7.48. The summed E-state index contributed by atoms with van der Waals surface area (Å²) in [5.41, 5.74) is 0.355. The average Bonchev–Trinajstić information content (AvgIpc) is 2.61. The lowest BCUT2D eigenvalue weighted by atomic mass is 10.3. The van der Waals surface area contributed by atoms with Gasteiger partial charge in [0.2, 0.25) is 0 Å². The molecule has 0 fully saturated rings. The summed E-state index contributed by atoms with van der Waals surface area (Å²) in [6.45, 7) is 0. The van der Waals surface area contributed by atoms with Crippen LogP contribution in [0.2, 0.25) is 0 Å². The molecule has 2 heterocycles. The molecule has 0 saturated carbocycles. The maximum atomic E-state index is 12.3. The molecule has 0 saturated heterocycles. The molecule has 2 aromatic heterocycles. The molecule has 84 valence electrons. The van der Waals surface area contributed by atoms with E-state index < -0.39 is 12.0 Å². The van der Waals surface area contributed by atoms with E-state index >= 15 is 0 Å². The average molecular weight is 228 g/mol. The second kappa shape index (κ2) is 3.58. The van der Waals surface area contributed by atoms with E-state index in [1.54, 1.807) is 18.2 Å². The smallest absolute Gasteiger partial charge is 0.253 e. The van der Waals surface area contributed by atoms with Gasteiger partial charge in [0.1, 0.15) is 5.69 Å².